The van der Waals surface area contributed by atoms with E-state index in [2.05, 4.69) is 5.10 Å². The average molecular weight is 221 g/mol. The van der Waals surface area contributed by atoms with Crippen molar-refractivity contribution in [3.05, 3.63) is 18.0 Å². The Hall–Kier alpha value is -1.16. The van der Waals surface area contributed by atoms with Crippen LogP contribution in [0.25, 0.3) is 0 Å². The predicted molar refractivity (Wildman–Crippen MR) is 62.1 cm³/mol. The second-order valence-corrected chi connectivity index (χ2v) is 4.48. The molecule has 1 aromatic rings. The van der Waals surface area contributed by atoms with Gasteiger partial charge in [-0.25, -0.2) is 0 Å². The Morgan fingerprint density at radius 3 is 2.94 bits per heavy atom. The van der Waals surface area contributed by atoms with Crippen molar-refractivity contribution in [1.29, 1.82) is 0 Å². The molecule has 88 valence electrons. The maximum absolute atomic E-state index is 11.4. The van der Waals surface area contributed by atoms with Crippen LogP contribution in [0.1, 0.15) is 43.8 Å². The summed E-state index contributed by atoms with van der Waals surface area (Å²) in [4.78, 5) is 11.4. The van der Waals surface area contributed by atoms with Gasteiger partial charge < -0.3 is 5.73 Å². The van der Waals surface area contributed by atoms with Gasteiger partial charge in [0, 0.05) is 12.6 Å². The fourth-order valence-corrected chi connectivity index (χ4v) is 2.30. The molecule has 1 aromatic heterocycles. The van der Waals surface area contributed by atoms with Crippen LogP contribution in [0.2, 0.25) is 0 Å². The molecule has 16 heavy (non-hydrogen) atoms. The highest BCUT2D eigenvalue weighted by Gasteiger charge is 2.17. The number of hydrogen-bond acceptors (Lipinski definition) is 3. The van der Waals surface area contributed by atoms with Crippen LogP contribution in [0.5, 0.6) is 0 Å². The first kappa shape index (κ1) is 11.3. The third-order valence-corrected chi connectivity index (χ3v) is 3.16. The van der Waals surface area contributed by atoms with Crippen molar-refractivity contribution in [1.82, 2.24) is 9.78 Å². The van der Waals surface area contributed by atoms with E-state index in [1.165, 1.54) is 25.7 Å². The zero-order chi connectivity index (χ0) is 11.4. The van der Waals surface area contributed by atoms with Crippen LogP contribution in [0.4, 0.5) is 0 Å². The summed E-state index contributed by atoms with van der Waals surface area (Å²) in [5.74, 6) is 0.180. The van der Waals surface area contributed by atoms with Gasteiger partial charge in [0.15, 0.2) is 0 Å². The molecule has 0 bridgehead atoms. The number of ketones is 1. The summed E-state index contributed by atoms with van der Waals surface area (Å²) in [6, 6.07) is 2.51. The third kappa shape index (κ3) is 2.70. The number of rotatable bonds is 5. The lowest BCUT2D eigenvalue weighted by Crippen LogP contribution is -2.11. The van der Waals surface area contributed by atoms with E-state index in [1.807, 2.05) is 16.9 Å². The summed E-state index contributed by atoms with van der Waals surface area (Å²) >= 11 is 0. The summed E-state index contributed by atoms with van der Waals surface area (Å²) in [6.07, 6.45) is 7.92. The smallest absolute Gasteiger partial charge is 0.140 e. The second-order valence-electron chi connectivity index (χ2n) is 4.48. The minimum atomic E-state index is 0.180. The van der Waals surface area contributed by atoms with Crippen molar-refractivity contribution < 1.29 is 4.79 Å². The van der Waals surface area contributed by atoms with E-state index in [0.717, 1.165) is 5.69 Å². The molecule has 0 saturated heterocycles. The van der Waals surface area contributed by atoms with E-state index in [1.54, 1.807) is 0 Å². The van der Waals surface area contributed by atoms with Gasteiger partial charge in [0.2, 0.25) is 0 Å². The Morgan fingerprint density at radius 2 is 2.25 bits per heavy atom. The quantitative estimate of drug-likeness (QED) is 0.818. The van der Waals surface area contributed by atoms with Crippen LogP contribution in [-0.4, -0.2) is 22.1 Å². The lowest BCUT2D eigenvalue weighted by atomic mass is 10.2. The molecule has 0 aromatic carbocycles. The zero-order valence-electron chi connectivity index (χ0n) is 9.56. The number of carbonyl (C=O) groups excluding carboxylic acids is 1. The molecule has 0 radical (unpaired) electrons. The fourth-order valence-electron chi connectivity index (χ4n) is 2.30. The number of nitrogens with two attached hydrogens (primary N) is 1. The standard InChI is InChI=1S/C12H19N3O/c13-7-5-12(16)9-10-6-8-15(14-10)11-3-1-2-4-11/h6,8,11H,1-5,7,9,13H2. The lowest BCUT2D eigenvalue weighted by molar-refractivity contribution is -0.118. The van der Waals surface area contributed by atoms with E-state index >= 15 is 0 Å². The van der Waals surface area contributed by atoms with Crippen LogP contribution < -0.4 is 5.73 Å². The molecule has 4 heteroatoms. The van der Waals surface area contributed by atoms with Gasteiger partial charge in [-0.1, -0.05) is 12.8 Å². The van der Waals surface area contributed by atoms with E-state index in [9.17, 15) is 4.79 Å². The summed E-state index contributed by atoms with van der Waals surface area (Å²) in [7, 11) is 0. The van der Waals surface area contributed by atoms with Crippen LogP contribution >= 0.6 is 0 Å². The van der Waals surface area contributed by atoms with E-state index in [4.69, 9.17) is 5.73 Å². The molecule has 1 heterocycles. The topological polar surface area (TPSA) is 60.9 Å². The third-order valence-electron chi connectivity index (χ3n) is 3.16. The summed E-state index contributed by atoms with van der Waals surface area (Å²) in [6.45, 7) is 0.433. The maximum Gasteiger partial charge on any atom is 0.140 e. The molecule has 1 saturated carbocycles. The molecule has 1 aliphatic carbocycles. The first-order valence-corrected chi connectivity index (χ1v) is 6.05. The van der Waals surface area contributed by atoms with Gasteiger partial charge in [-0.05, 0) is 25.5 Å². The van der Waals surface area contributed by atoms with Crippen LogP contribution in [-0.2, 0) is 11.2 Å². The normalized spacial score (nSPS) is 16.8. The first-order chi connectivity index (χ1) is 7.79. The average Bonchev–Trinajstić information content (AvgIpc) is 2.86. The minimum absolute atomic E-state index is 0.180. The van der Waals surface area contributed by atoms with Crippen molar-refractivity contribution in [2.45, 2.75) is 44.6 Å². The van der Waals surface area contributed by atoms with Gasteiger partial charge in [0.05, 0.1) is 18.2 Å². The number of Topliss-reactive ketones (excluding diaryl/α,β-unsaturated/α-hetero) is 1. The lowest BCUT2D eigenvalue weighted by Gasteiger charge is -2.08. The van der Waals surface area contributed by atoms with E-state index < -0.39 is 0 Å². The van der Waals surface area contributed by atoms with Crippen molar-refractivity contribution in [2.75, 3.05) is 6.54 Å². The molecule has 1 fully saturated rings. The van der Waals surface area contributed by atoms with Gasteiger partial charge in [-0.2, -0.15) is 5.10 Å². The predicted octanol–water partition coefficient (Wildman–Crippen LogP) is 1.46. The molecule has 0 unspecified atom stereocenters. The Morgan fingerprint density at radius 1 is 1.50 bits per heavy atom. The Labute approximate surface area is 95.8 Å². The van der Waals surface area contributed by atoms with Crippen LogP contribution in [0.3, 0.4) is 0 Å². The molecular weight excluding hydrogens is 202 g/mol. The Balaban J connectivity index is 1.93. The zero-order valence-corrected chi connectivity index (χ0v) is 9.56. The van der Waals surface area contributed by atoms with Crippen molar-refractivity contribution in [3.8, 4) is 0 Å². The van der Waals surface area contributed by atoms with Crippen molar-refractivity contribution >= 4 is 5.78 Å². The Bertz CT molecular complexity index is 353. The molecule has 0 amide bonds. The molecule has 0 spiro atoms. The number of aromatic nitrogens is 2. The highest BCUT2D eigenvalue weighted by Crippen LogP contribution is 2.28. The molecule has 4 nitrogen and oxygen atoms in total. The van der Waals surface area contributed by atoms with Gasteiger partial charge in [-0.15, -0.1) is 0 Å². The van der Waals surface area contributed by atoms with E-state index in [0.29, 0.717) is 25.4 Å². The van der Waals surface area contributed by atoms with E-state index in [-0.39, 0.29) is 5.78 Å². The number of hydrogen-bond donors (Lipinski definition) is 1. The molecule has 1 aliphatic rings. The van der Waals surface area contributed by atoms with Gasteiger partial charge in [-0.3, -0.25) is 9.48 Å². The van der Waals surface area contributed by atoms with Gasteiger partial charge >= 0.3 is 0 Å². The van der Waals surface area contributed by atoms with Crippen LogP contribution in [0, 0.1) is 0 Å². The van der Waals surface area contributed by atoms with Crippen molar-refractivity contribution in [2.24, 2.45) is 5.73 Å². The second kappa shape index (κ2) is 5.25. The summed E-state index contributed by atoms with van der Waals surface area (Å²) < 4.78 is 2.03. The van der Waals surface area contributed by atoms with Crippen molar-refractivity contribution in [3.63, 3.8) is 0 Å². The first-order valence-electron chi connectivity index (χ1n) is 6.05. The highest BCUT2D eigenvalue weighted by molar-refractivity contribution is 5.80. The van der Waals surface area contributed by atoms with Crippen LogP contribution in [0.15, 0.2) is 12.3 Å². The summed E-state index contributed by atoms with van der Waals surface area (Å²) in [5.41, 5.74) is 6.22. The van der Waals surface area contributed by atoms with Gasteiger partial charge in [0.1, 0.15) is 5.78 Å². The molecule has 0 aliphatic heterocycles. The summed E-state index contributed by atoms with van der Waals surface area (Å²) in [5, 5.41) is 4.47. The fraction of sp³-hybridized carbons (Fsp3) is 0.667. The largest absolute Gasteiger partial charge is 0.330 e. The molecular formula is C12H19N3O. The molecule has 2 N–H and O–H groups in total. The van der Waals surface area contributed by atoms with Gasteiger partial charge in [0.25, 0.3) is 0 Å². The minimum Gasteiger partial charge on any atom is -0.330 e. The number of nitrogens with zero attached hydrogens (tertiary/aromatic N) is 2. The molecule has 2 rings (SSSR count). The SMILES string of the molecule is NCCC(=O)Cc1ccn(C2CCCC2)n1. The Kier molecular flexibility index (Phi) is 3.72. The maximum atomic E-state index is 11.4. The highest BCUT2D eigenvalue weighted by atomic mass is 16.1. The number of carbonyl (C=O) groups is 1. The monoisotopic (exact) mass is 221 g/mol. The molecule has 0 atom stereocenters.